The average Bonchev–Trinajstić information content (AvgIpc) is 2.81. The molecule has 0 saturated heterocycles. The van der Waals surface area contributed by atoms with Crippen LogP contribution in [-0.2, 0) is 0 Å². The molecule has 96 valence electrons. The Morgan fingerprint density at radius 3 is 3.05 bits per heavy atom. The molecule has 0 bridgehead atoms. The lowest BCUT2D eigenvalue weighted by Gasteiger charge is -1.96. The number of thioether (sulfide) groups is 1. The minimum Gasteiger partial charge on any atom is -0.266 e. The minimum atomic E-state index is 0.534. The molecule has 0 amide bonds. The Bertz CT molecular complexity index is 642. The first-order valence-corrected chi connectivity index (χ1v) is 7.41. The van der Waals surface area contributed by atoms with Crippen LogP contribution >= 0.6 is 23.3 Å². The van der Waals surface area contributed by atoms with Crippen molar-refractivity contribution in [2.75, 3.05) is 11.7 Å². The van der Waals surface area contributed by atoms with Gasteiger partial charge in [0.15, 0.2) is 0 Å². The number of nitriles is 1. The summed E-state index contributed by atoms with van der Waals surface area (Å²) in [4.78, 5) is 4.30. The van der Waals surface area contributed by atoms with E-state index in [0.29, 0.717) is 10.6 Å². The van der Waals surface area contributed by atoms with Crippen LogP contribution in [0.2, 0.25) is 0 Å². The van der Waals surface area contributed by atoms with Gasteiger partial charge >= 0.3 is 0 Å². The lowest BCUT2D eigenvalue weighted by atomic mass is 10.3. The first-order chi connectivity index (χ1) is 9.24. The number of hydrogen-bond acceptors (Lipinski definition) is 7. The molecule has 2 heterocycles. The molecule has 0 spiro atoms. The molecule has 0 radical (unpaired) electrons. The van der Waals surface area contributed by atoms with Gasteiger partial charge in [-0.1, -0.05) is 6.07 Å². The molecule has 0 saturated carbocycles. The van der Waals surface area contributed by atoms with E-state index in [4.69, 9.17) is 5.26 Å². The third-order valence-corrected chi connectivity index (χ3v) is 3.79. The molecule has 0 atom stereocenters. The van der Waals surface area contributed by atoms with E-state index in [2.05, 4.69) is 26.0 Å². The fourth-order valence-corrected chi connectivity index (χ4v) is 2.80. The summed E-state index contributed by atoms with van der Waals surface area (Å²) in [6.07, 6.45) is 3.51. The van der Waals surface area contributed by atoms with Crippen molar-refractivity contribution in [3.05, 3.63) is 35.2 Å². The summed E-state index contributed by atoms with van der Waals surface area (Å²) in [5, 5.41) is 14.5. The van der Waals surface area contributed by atoms with Gasteiger partial charge < -0.3 is 0 Å². The molecule has 0 fully saturated rings. The van der Waals surface area contributed by atoms with Crippen LogP contribution in [0, 0.1) is 18.3 Å². The largest absolute Gasteiger partial charge is 0.266 e. The van der Waals surface area contributed by atoms with Gasteiger partial charge in [-0.2, -0.15) is 14.7 Å². The predicted octanol–water partition coefficient (Wildman–Crippen LogP) is 2.89. The maximum atomic E-state index is 9.07. The molecule has 2 aromatic heterocycles. The number of nitrogens with one attached hydrogen (secondary N) is 1. The van der Waals surface area contributed by atoms with Crippen molar-refractivity contribution in [3.63, 3.8) is 0 Å². The zero-order valence-electron chi connectivity index (χ0n) is 10.4. The van der Waals surface area contributed by atoms with Gasteiger partial charge in [-0.25, -0.2) is 0 Å². The normalized spacial score (nSPS) is 10.6. The first-order valence-electron chi connectivity index (χ1n) is 5.41. The second kappa shape index (κ2) is 6.31. The Hall–Kier alpha value is -1.91. The van der Waals surface area contributed by atoms with Crippen LogP contribution in [0.4, 0.5) is 5.00 Å². The highest BCUT2D eigenvalue weighted by Crippen LogP contribution is 2.29. The highest BCUT2D eigenvalue weighted by molar-refractivity contribution is 7.98. The number of aryl methyl sites for hydroxylation is 1. The summed E-state index contributed by atoms with van der Waals surface area (Å²) in [6, 6.07) is 7.84. The lowest BCUT2D eigenvalue weighted by Crippen LogP contribution is -1.93. The van der Waals surface area contributed by atoms with Gasteiger partial charge in [-0.3, -0.25) is 10.4 Å². The molecule has 5 nitrogen and oxygen atoms in total. The Morgan fingerprint density at radius 1 is 1.53 bits per heavy atom. The smallest absolute Gasteiger partial charge is 0.148 e. The maximum absolute atomic E-state index is 9.07. The van der Waals surface area contributed by atoms with Crippen LogP contribution in [-0.4, -0.2) is 21.8 Å². The van der Waals surface area contributed by atoms with Crippen LogP contribution in [0.1, 0.15) is 17.0 Å². The lowest BCUT2D eigenvalue weighted by molar-refractivity contribution is 1.18. The molecule has 0 aromatic carbocycles. The fraction of sp³-hybridized carbons (Fsp3) is 0.167. The quantitative estimate of drug-likeness (QED) is 0.532. The third-order valence-electron chi connectivity index (χ3n) is 2.24. The fourth-order valence-electron chi connectivity index (χ4n) is 1.38. The Morgan fingerprint density at radius 2 is 2.37 bits per heavy atom. The zero-order valence-corrected chi connectivity index (χ0v) is 12.0. The van der Waals surface area contributed by atoms with Crippen LogP contribution < -0.4 is 5.43 Å². The van der Waals surface area contributed by atoms with Gasteiger partial charge in [0.1, 0.15) is 21.7 Å². The molecule has 0 aliphatic heterocycles. The van der Waals surface area contributed by atoms with E-state index < -0.39 is 0 Å². The highest BCUT2D eigenvalue weighted by atomic mass is 32.2. The molecular weight excluding hydrogens is 278 g/mol. The standard InChI is InChI=1S/C12H11N5S2/c1-8-4-3-5-9(15-8)7-14-16-11-10(6-13)12(18-2)17-19-11/h3-5,7,16H,1-2H3/b14-7+. The Labute approximate surface area is 119 Å². The van der Waals surface area contributed by atoms with E-state index in [1.54, 1.807) is 6.21 Å². The van der Waals surface area contributed by atoms with E-state index in [0.717, 1.165) is 16.4 Å². The van der Waals surface area contributed by atoms with Crippen molar-refractivity contribution in [1.82, 2.24) is 9.36 Å². The highest BCUT2D eigenvalue weighted by Gasteiger charge is 2.11. The summed E-state index contributed by atoms with van der Waals surface area (Å²) in [5.41, 5.74) is 5.07. The molecule has 1 N–H and O–H groups in total. The number of pyridine rings is 1. The molecule has 0 aliphatic rings. The number of nitrogens with zero attached hydrogens (tertiary/aromatic N) is 4. The number of aromatic nitrogens is 2. The van der Waals surface area contributed by atoms with Crippen molar-refractivity contribution in [2.24, 2.45) is 5.10 Å². The number of hydrazone groups is 1. The second-order valence-electron chi connectivity index (χ2n) is 3.58. The summed E-state index contributed by atoms with van der Waals surface area (Å²) < 4.78 is 4.18. The molecule has 0 aliphatic carbocycles. The predicted molar refractivity (Wildman–Crippen MR) is 78.8 cm³/mol. The topological polar surface area (TPSA) is 74.0 Å². The minimum absolute atomic E-state index is 0.534. The van der Waals surface area contributed by atoms with Gasteiger partial charge in [-0.15, -0.1) is 11.8 Å². The van der Waals surface area contributed by atoms with Crippen molar-refractivity contribution in [2.45, 2.75) is 11.9 Å². The zero-order chi connectivity index (χ0) is 13.7. The number of hydrogen-bond donors (Lipinski definition) is 1. The SMILES string of the molecule is CSc1nsc(N/N=C/c2cccc(C)n2)c1C#N. The van der Waals surface area contributed by atoms with Crippen LogP contribution in [0.15, 0.2) is 28.3 Å². The molecule has 7 heteroatoms. The van der Waals surface area contributed by atoms with Gasteiger partial charge in [-0.05, 0) is 36.8 Å². The van der Waals surface area contributed by atoms with Gasteiger partial charge in [0.05, 0.1) is 11.9 Å². The molecule has 2 rings (SSSR count). The average molecular weight is 289 g/mol. The summed E-state index contributed by atoms with van der Waals surface area (Å²) >= 11 is 2.67. The maximum Gasteiger partial charge on any atom is 0.148 e. The van der Waals surface area contributed by atoms with E-state index in [1.807, 2.05) is 31.4 Å². The summed E-state index contributed by atoms with van der Waals surface area (Å²) in [7, 11) is 0. The summed E-state index contributed by atoms with van der Waals surface area (Å²) in [5.74, 6) is 0. The van der Waals surface area contributed by atoms with E-state index in [1.165, 1.54) is 23.3 Å². The second-order valence-corrected chi connectivity index (χ2v) is 5.15. The van der Waals surface area contributed by atoms with Crippen molar-refractivity contribution < 1.29 is 0 Å². The summed E-state index contributed by atoms with van der Waals surface area (Å²) in [6.45, 7) is 1.92. The first kappa shape index (κ1) is 13.5. The van der Waals surface area contributed by atoms with Gasteiger partial charge in [0.25, 0.3) is 0 Å². The van der Waals surface area contributed by atoms with Gasteiger partial charge in [0, 0.05) is 5.69 Å². The molecule has 0 unspecified atom stereocenters. The van der Waals surface area contributed by atoms with Crippen LogP contribution in [0.25, 0.3) is 0 Å². The van der Waals surface area contributed by atoms with E-state index in [-0.39, 0.29) is 0 Å². The molecule has 2 aromatic rings. The van der Waals surface area contributed by atoms with Crippen LogP contribution in [0.5, 0.6) is 0 Å². The van der Waals surface area contributed by atoms with Crippen molar-refractivity contribution in [3.8, 4) is 6.07 Å². The Kier molecular flexibility index (Phi) is 4.49. The van der Waals surface area contributed by atoms with Crippen molar-refractivity contribution in [1.29, 1.82) is 5.26 Å². The van der Waals surface area contributed by atoms with E-state index in [9.17, 15) is 0 Å². The number of rotatable bonds is 4. The van der Waals surface area contributed by atoms with E-state index >= 15 is 0 Å². The van der Waals surface area contributed by atoms with Gasteiger partial charge in [0.2, 0.25) is 0 Å². The van der Waals surface area contributed by atoms with Crippen LogP contribution in [0.3, 0.4) is 0 Å². The van der Waals surface area contributed by atoms with Crippen molar-refractivity contribution >= 4 is 34.5 Å². The Balaban J connectivity index is 2.11. The molecule has 19 heavy (non-hydrogen) atoms. The number of anilines is 1. The third kappa shape index (κ3) is 3.30. The monoisotopic (exact) mass is 289 g/mol. The molecular formula is C12H11N5S2.